The van der Waals surface area contributed by atoms with Crippen molar-refractivity contribution >= 4 is 15.9 Å². The minimum Gasteiger partial charge on any atom is -0.353 e. The Bertz CT molecular complexity index is 199. The summed E-state index contributed by atoms with van der Waals surface area (Å²) in [5.74, 6) is 0.999. The van der Waals surface area contributed by atoms with Crippen molar-refractivity contribution in [3.63, 3.8) is 0 Å². The molecule has 0 aliphatic heterocycles. The second kappa shape index (κ2) is 10.2. The number of hydrogen-bond donors (Lipinski definition) is 0. The van der Waals surface area contributed by atoms with Gasteiger partial charge in [-0.2, -0.15) is 0 Å². The molecule has 2 nitrogen and oxygen atoms in total. The zero-order chi connectivity index (χ0) is 13.2. The molecule has 1 aliphatic rings. The summed E-state index contributed by atoms with van der Waals surface area (Å²) < 4.78 is 10.8. The van der Waals surface area contributed by atoms with Crippen LogP contribution >= 0.6 is 15.9 Å². The number of rotatable bonds is 12. The average Bonchev–Trinajstić information content (AvgIpc) is 3.03. The summed E-state index contributed by atoms with van der Waals surface area (Å²) in [5.41, 5.74) is 0. The van der Waals surface area contributed by atoms with E-state index in [9.17, 15) is 0 Å². The monoisotopic (exact) mass is 320 g/mol. The topological polar surface area (TPSA) is 18.5 Å². The maximum atomic E-state index is 5.53. The maximum absolute atomic E-state index is 5.53. The third-order valence-electron chi connectivity index (χ3n) is 3.56. The van der Waals surface area contributed by atoms with Gasteiger partial charge in [-0.3, -0.25) is 0 Å². The number of alkyl halides is 1. The van der Waals surface area contributed by atoms with E-state index in [-0.39, 0.29) is 6.29 Å². The van der Waals surface area contributed by atoms with Crippen LogP contribution in [-0.2, 0) is 9.47 Å². The molecule has 1 rings (SSSR count). The highest BCUT2D eigenvalue weighted by Gasteiger charge is 2.33. The van der Waals surface area contributed by atoms with E-state index in [0.717, 1.165) is 24.0 Å². The van der Waals surface area contributed by atoms with Crippen LogP contribution in [0.25, 0.3) is 0 Å². The molecular formula is C15H29BrO2. The Kier molecular flexibility index (Phi) is 9.34. The SMILES string of the molecule is CCOC(C)OCCCCCCCCC1CC1Br. The van der Waals surface area contributed by atoms with Crippen LogP contribution in [-0.4, -0.2) is 24.3 Å². The first-order valence-corrected chi connectivity index (χ1v) is 8.53. The fraction of sp³-hybridized carbons (Fsp3) is 1.00. The van der Waals surface area contributed by atoms with Crippen molar-refractivity contribution in [1.29, 1.82) is 0 Å². The van der Waals surface area contributed by atoms with Crippen LogP contribution in [0.5, 0.6) is 0 Å². The van der Waals surface area contributed by atoms with E-state index in [0.29, 0.717) is 0 Å². The molecule has 0 bridgehead atoms. The summed E-state index contributed by atoms with van der Waals surface area (Å²) in [4.78, 5) is 0.849. The van der Waals surface area contributed by atoms with E-state index in [1.165, 1.54) is 51.4 Å². The minimum absolute atomic E-state index is 0.0364. The summed E-state index contributed by atoms with van der Waals surface area (Å²) in [5, 5.41) is 0. The van der Waals surface area contributed by atoms with Crippen molar-refractivity contribution in [1.82, 2.24) is 0 Å². The van der Waals surface area contributed by atoms with Crippen LogP contribution in [0, 0.1) is 5.92 Å². The fourth-order valence-corrected chi connectivity index (χ4v) is 3.00. The molecule has 3 atom stereocenters. The molecule has 1 aliphatic carbocycles. The van der Waals surface area contributed by atoms with Crippen molar-refractivity contribution in [3.05, 3.63) is 0 Å². The summed E-state index contributed by atoms with van der Waals surface area (Å²) >= 11 is 3.66. The van der Waals surface area contributed by atoms with E-state index < -0.39 is 0 Å². The van der Waals surface area contributed by atoms with E-state index in [1.54, 1.807) is 0 Å². The lowest BCUT2D eigenvalue weighted by Gasteiger charge is -2.12. The van der Waals surface area contributed by atoms with Gasteiger partial charge in [-0.05, 0) is 39.0 Å². The first-order valence-electron chi connectivity index (χ1n) is 7.61. The molecule has 0 aromatic rings. The summed E-state index contributed by atoms with van der Waals surface area (Å²) in [6, 6.07) is 0. The molecule has 0 spiro atoms. The van der Waals surface area contributed by atoms with Crippen LogP contribution in [0.2, 0.25) is 0 Å². The highest BCUT2D eigenvalue weighted by molar-refractivity contribution is 9.09. The second-order valence-corrected chi connectivity index (χ2v) is 6.49. The van der Waals surface area contributed by atoms with Gasteiger partial charge in [0.1, 0.15) is 0 Å². The van der Waals surface area contributed by atoms with Crippen LogP contribution < -0.4 is 0 Å². The summed E-state index contributed by atoms with van der Waals surface area (Å²) in [7, 11) is 0. The Hall–Kier alpha value is 0.400. The molecule has 0 aromatic carbocycles. The van der Waals surface area contributed by atoms with Gasteiger partial charge >= 0.3 is 0 Å². The van der Waals surface area contributed by atoms with Gasteiger partial charge in [0.15, 0.2) is 6.29 Å². The first-order chi connectivity index (χ1) is 8.74. The summed E-state index contributed by atoms with van der Waals surface area (Å²) in [6.07, 6.45) is 10.9. The van der Waals surface area contributed by atoms with E-state index in [4.69, 9.17) is 9.47 Å². The third kappa shape index (κ3) is 8.49. The molecular weight excluding hydrogens is 292 g/mol. The molecule has 1 fully saturated rings. The lowest BCUT2D eigenvalue weighted by atomic mass is 10.1. The lowest BCUT2D eigenvalue weighted by Crippen LogP contribution is -2.13. The highest BCUT2D eigenvalue weighted by atomic mass is 79.9. The van der Waals surface area contributed by atoms with Crippen molar-refractivity contribution in [2.75, 3.05) is 13.2 Å². The van der Waals surface area contributed by atoms with Crippen LogP contribution in [0.15, 0.2) is 0 Å². The van der Waals surface area contributed by atoms with Gasteiger partial charge in [0.2, 0.25) is 0 Å². The average molecular weight is 321 g/mol. The Morgan fingerprint density at radius 3 is 2.28 bits per heavy atom. The standard InChI is InChI=1S/C15H29BrO2/c1-3-17-13(2)18-11-9-7-5-4-6-8-10-14-12-15(14)16/h13-15H,3-12H2,1-2H3. The molecule has 0 heterocycles. The summed E-state index contributed by atoms with van der Waals surface area (Å²) in [6.45, 7) is 5.55. The quantitative estimate of drug-likeness (QED) is 0.289. The third-order valence-corrected chi connectivity index (χ3v) is 4.68. The van der Waals surface area contributed by atoms with Gasteiger partial charge in [0.25, 0.3) is 0 Å². The van der Waals surface area contributed by atoms with Crippen LogP contribution in [0.1, 0.15) is 65.2 Å². The molecule has 108 valence electrons. The van der Waals surface area contributed by atoms with E-state index >= 15 is 0 Å². The van der Waals surface area contributed by atoms with Gasteiger partial charge < -0.3 is 9.47 Å². The van der Waals surface area contributed by atoms with Gasteiger partial charge in [-0.15, -0.1) is 0 Å². The highest BCUT2D eigenvalue weighted by Crippen LogP contribution is 2.41. The Morgan fingerprint density at radius 1 is 1.06 bits per heavy atom. The molecule has 1 saturated carbocycles. The molecule has 0 saturated heterocycles. The smallest absolute Gasteiger partial charge is 0.154 e. The van der Waals surface area contributed by atoms with E-state index in [2.05, 4.69) is 15.9 Å². The van der Waals surface area contributed by atoms with E-state index in [1.807, 2.05) is 13.8 Å². The zero-order valence-corrected chi connectivity index (χ0v) is 13.6. The normalized spacial score (nSPS) is 24.2. The minimum atomic E-state index is -0.0364. The maximum Gasteiger partial charge on any atom is 0.154 e. The molecule has 3 heteroatoms. The number of unbranched alkanes of at least 4 members (excludes halogenated alkanes) is 5. The Morgan fingerprint density at radius 2 is 1.67 bits per heavy atom. The van der Waals surface area contributed by atoms with Gasteiger partial charge in [0, 0.05) is 18.0 Å². The first kappa shape index (κ1) is 16.5. The largest absolute Gasteiger partial charge is 0.353 e. The van der Waals surface area contributed by atoms with Crippen LogP contribution in [0.3, 0.4) is 0 Å². The Labute approximate surface area is 121 Å². The number of ether oxygens (including phenoxy) is 2. The Balaban J connectivity index is 1.70. The molecule has 0 amide bonds. The van der Waals surface area contributed by atoms with Crippen LogP contribution in [0.4, 0.5) is 0 Å². The van der Waals surface area contributed by atoms with Crippen molar-refractivity contribution < 1.29 is 9.47 Å². The van der Waals surface area contributed by atoms with Crippen molar-refractivity contribution in [3.8, 4) is 0 Å². The predicted octanol–water partition coefficient (Wildman–Crippen LogP) is 4.90. The van der Waals surface area contributed by atoms with Crippen molar-refractivity contribution in [2.24, 2.45) is 5.92 Å². The van der Waals surface area contributed by atoms with Crippen molar-refractivity contribution in [2.45, 2.75) is 76.3 Å². The molecule has 3 unspecified atom stereocenters. The number of hydrogen-bond acceptors (Lipinski definition) is 2. The molecule has 0 radical (unpaired) electrons. The number of halogens is 1. The predicted molar refractivity (Wildman–Crippen MR) is 80.2 cm³/mol. The van der Waals surface area contributed by atoms with Gasteiger partial charge in [-0.25, -0.2) is 0 Å². The second-order valence-electron chi connectivity index (χ2n) is 5.32. The lowest BCUT2D eigenvalue weighted by molar-refractivity contribution is -0.127. The van der Waals surface area contributed by atoms with Gasteiger partial charge in [-0.1, -0.05) is 48.0 Å². The molecule has 18 heavy (non-hydrogen) atoms. The molecule has 0 N–H and O–H groups in total. The van der Waals surface area contributed by atoms with Gasteiger partial charge in [0.05, 0.1) is 0 Å². The molecule has 0 aromatic heterocycles. The zero-order valence-electron chi connectivity index (χ0n) is 12.0. The fourth-order valence-electron chi connectivity index (χ4n) is 2.26.